The number of nitrogens with zero attached hydrogens (tertiary/aromatic N) is 2. The van der Waals surface area contributed by atoms with Gasteiger partial charge < -0.3 is 18.9 Å². The smallest absolute Gasteiger partial charge is 0.309 e. The number of rotatable bonds is 6. The quantitative estimate of drug-likeness (QED) is 0.397. The van der Waals surface area contributed by atoms with Gasteiger partial charge in [-0.2, -0.15) is 14.4 Å². The van der Waals surface area contributed by atoms with Crippen molar-refractivity contribution in [3.05, 3.63) is 40.9 Å². The van der Waals surface area contributed by atoms with E-state index in [0.717, 1.165) is 6.33 Å². The highest BCUT2D eigenvalue weighted by Crippen LogP contribution is 2.41. The molecule has 1 aliphatic carbocycles. The zero-order chi connectivity index (χ0) is 25.3. The molecule has 1 saturated carbocycles. The van der Waals surface area contributed by atoms with Crippen LogP contribution in [0.3, 0.4) is 0 Å². The largest absolute Gasteiger partial charge is 0.471 e. The van der Waals surface area contributed by atoms with E-state index in [1.54, 1.807) is 0 Å². The van der Waals surface area contributed by atoms with E-state index in [1.807, 2.05) is 20.8 Å². The van der Waals surface area contributed by atoms with Gasteiger partial charge in [0.15, 0.2) is 5.78 Å². The molecule has 2 unspecified atom stereocenters. The number of carbonyl (C=O) groups excluding carboxylic acids is 2. The zero-order valence-electron chi connectivity index (χ0n) is 20.0. The highest BCUT2D eigenvalue weighted by atomic mass is 35.5. The van der Waals surface area contributed by atoms with Gasteiger partial charge >= 0.3 is 5.97 Å². The van der Waals surface area contributed by atoms with Crippen LogP contribution >= 0.6 is 11.6 Å². The Morgan fingerprint density at radius 3 is 2.37 bits per heavy atom. The third-order valence-electron chi connectivity index (χ3n) is 6.03. The molecule has 1 aromatic carbocycles. The number of halogens is 2. The van der Waals surface area contributed by atoms with Gasteiger partial charge in [0.2, 0.25) is 5.82 Å². The van der Waals surface area contributed by atoms with Gasteiger partial charge in [-0.25, -0.2) is 0 Å². The standard InChI is InChI=1S/C25H28ClFN2O6/c1-13(30)14-5-6-19(18(26)9-14)33-22-20(27)23(29-12-28-22)34-21-16-7-15(8-17(21)11-32-10-16)24(31)35-25(2,3)4/h5-6,9,12,15-17,21H,7-8,10-11H2,1-4H3. The van der Waals surface area contributed by atoms with Gasteiger partial charge in [0.1, 0.15) is 23.8 Å². The summed E-state index contributed by atoms with van der Waals surface area (Å²) >= 11 is 6.19. The molecule has 0 spiro atoms. The van der Waals surface area contributed by atoms with Crippen LogP contribution in [0.1, 0.15) is 50.9 Å². The Kier molecular flexibility index (Phi) is 7.28. The van der Waals surface area contributed by atoms with Crippen LogP contribution in [0, 0.1) is 23.6 Å². The van der Waals surface area contributed by atoms with Gasteiger partial charge in [-0.05, 0) is 58.7 Å². The first-order chi connectivity index (χ1) is 16.5. The van der Waals surface area contributed by atoms with Gasteiger partial charge in [-0.15, -0.1) is 0 Å². The third kappa shape index (κ3) is 5.90. The maximum atomic E-state index is 15.2. The van der Waals surface area contributed by atoms with Gasteiger partial charge in [0.25, 0.3) is 11.8 Å². The number of esters is 1. The molecule has 8 nitrogen and oxygen atoms in total. The van der Waals surface area contributed by atoms with Crippen LogP contribution in [0.2, 0.25) is 5.02 Å². The van der Waals surface area contributed by atoms with Crippen LogP contribution in [0.4, 0.5) is 4.39 Å². The number of ether oxygens (including phenoxy) is 4. The van der Waals surface area contributed by atoms with Crippen molar-refractivity contribution in [1.82, 2.24) is 9.97 Å². The molecular formula is C25H28ClFN2O6. The first kappa shape index (κ1) is 25.3. The van der Waals surface area contributed by atoms with Gasteiger partial charge in [0, 0.05) is 17.4 Å². The van der Waals surface area contributed by atoms with E-state index in [-0.39, 0.29) is 58.1 Å². The second-order valence-corrected chi connectivity index (χ2v) is 10.4. The summed E-state index contributed by atoms with van der Waals surface area (Å²) in [5.41, 5.74) is -0.156. The van der Waals surface area contributed by atoms with E-state index >= 15 is 4.39 Å². The molecule has 0 N–H and O–H groups in total. The fourth-order valence-electron chi connectivity index (χ4n) is 4.47. The van der Waals surface area contributed by atoms with Crippen molar-refractivity contribution in [2.75, 3.05) is 13.2 Å². The van der Waals surface area contributed by atoms with E-state index < -0.39 is 11.4 Å². The van der Waals surface area contributed by atoms with E-state index in [2.05, 4.69) is 9.97 Å². The monoisotopic (exact) mass is 506 g/mol. The highest BCUT2D eigenvalue weighted by molar-refractivity contribution is 6.32. The van der Waals surface area contributed by atoms with E-state index in [4.69, 9.17) is 30.5 Å². The fraction of sp³-hybridized carbons (Fsp3) is 0.520. The van der Waals surface area contributed by atoms with E-state index in [0.29, 0.717) is 31.6 Å². The zero-order valence-corrected chi connectivity index (χ0v) is 20.8. The number of Topliss-reactive ketones (excluding diaryl/α,β-unsaturated/α-hetero) is 1. The van der Waals surface area contributed by atoms with Crippen LogP contribution < -0.4 is 9.47 Å². The summed E-state index contributed by atoms with van der Waals surface area (Å²) in [6, 6.07) is 4.45. The molecule has 35 heavy (non-hydrogen) atoms. The summed E-state index contributed by atoms with van der Waals surface area (Å²) in [4.78, 5) is 32.0. The minimum absolute atomic E-state index is 0.118. The summed E-state index contributed by atoms with van der Waals surface area (Å²) in [5.74, 6) is -2.21. The van der Waals surface area contributed by atoms with Crippen molar-refractivity contribution in [3.63, 3.8) is 0 Å². The fourth-order valence-corrected chi connectivity index (χ4v) is 4.69. The molecule has 10 heteroatoms. The van der Waals surface area contributed by atoms with Crippen molar-refractivity contribution in [3.8, 4) is 17.5 Å². The number of hydrogen-bond donors (Lipinski definition) is 0. The molecule has 2 heterocycles. The Bertz CT molecular complexity index is 1110. The van der Waals surface area contributed by atoms with Gasteiger partial charge in [-0.1, -0.05) is 11.6 Å². The number of carbonyl (C=O) groups is 2. The second-order valence-electron chi connectivity index (χ2n) is 9.94. The number of benzene rings is 1. The Balaban J connectivity index is 1.49. The maximum Gasteiger partial charge on any atom is 0.309 e. The second kappa shape index (κ2) is 10.1. The Morgan fingerprint density at radius 2 is 1.77 bits per heavy atom. The van der Waals surface area contributed by atoms with Crippen LogP contribution in [0.15, 0.2) is 24.5 Å². The van der Waals surface area contributed by atoms with Crippen molar-refractivity contribution >= 4 is 23.4 Å². The molecule has 4 rings (SSSR count). The molecule has 188 valence electrons. The lowest BCUT2D eigenvalue weighted by molar-refractivity contribution is -0.169. The Hall–Kier alpha value is -2.78. The predicted molar refractivity (Wildman–Crippen MR) is 124 cm³/mol. The lowest BCUT2D eigenvalue weighted by atomic mass is 9.72. The van der Waals surface area contributed by atoms with Crippen molar-refractivity contribution in [2.24, 2.45) is 17.8 Å². The molecule has 2 atom stereocenters. The number of fused-ring (bicyclic) bond motifs is 2. The number of ketones is 1. The van der Waals surface area contributed by atoms with E-state index in [1.165, 1.54) is 25.1 Å². The normalized spacial score (nSPS) is 23.9. The molecular weight excluding hydrogens is 479 g/mol. The minimum Gasteiger partial charge on any atom is -0.471 e. The first-order valence-electron chi connectivity index (χ1n) is 11.5. The maximum absolute atomic E-state index is 15.2. The van der Waals surface area contributed by atoms with Crippen LogP contribution in [-0.2, 0) is 14.3 Å². The Morgan fingerprint density at radius 1 is 1.11 bits per heavy atom. The summed E-state index contributed by atoms with van der Waals surface area (Å²) in [5, 5.41) is 0.144. The minimum atomic E-state index is -0.868. The summed E-state index contributed by atoms with van der Waals surface area (Å²) in [7, 11) is 0. The van der Waals surface area contributed by atoms with Crippen molar-refractivity contribution in [1.29, 1.82) is 0 Å². The molecule has 2 bridgehead atoms. The average molecular weight is 507 g/mol. The van der Waals surface area contributed by atoms with E-state index in [9.17, 15) is 9.59 Å². The predicted octanol–water partition coefficient (Wildman–Crippen LogP) is 5.03. The lowest BCUT2D eigenvalue weighted by Crippen LogP contribution is -2.51. The summed E-state index contributed by atoms with van der Waals surface area (Å²) in [6.07, 6.45) is 1.80. The average Bonchev–Trinajstić information content (AvgIpc) is 2.76. The Labute approximate surface area is 208 Å². The number of aromatic nitrogens is 2. The van der Waals surface area contributed by atoms with Gasteiger partial charge in [-0.3, -0.25) is 9.59 Å². The summed E-state index contributed by atoms with van der Waals surface area (Å²) in [6.45, 7) is 7.73. The third-order valence-corrected chi connectivity index (χ3v) is 6.32. The molecule has 0 radical (unpaired) electrons. The van der Waals surface area contributed by atoms with Crippen molar-refractivity contribution < 1.29 is 32.9 Å². The molecule has 2 aliphatic rings. The summed E-state index contributed by atoms with van der Waals surface area (Å²) < 4.78 is 38.1. The molecule has 2 aromatic rings. The SMILES string of the molecule is CC(=O)c1ccc(Oc2ncnc(OC3C4COCC3CC(C(=O)OC(C)(C)C)C4)c2F)c(Cl)c1. The highest BCUT2D eigenvalue weighted by Gasteiger charge is 2.46. The molecule has 0 amide bonds. The van der Waals surface area contributed by atoms with Crippen molar-refractivity contribution in [2.45, 2.75) is 52.2 Å². The van der Waals surface area contributed by atoms with Crippen LogP contribution in [0.25, 0.3) is 0 Å². The lowest BCUT2D eigenvalue weighted by Gasteiger charge is -2.44. The van der Waals surface area contributed by atoms with Crippen LogP contribution in [-0.4, -0.2) is 46.6 Å². The topological polar surface area (TPSA) is 96.8 Å². The van der Waals surface area contributed by atoms with Crippen LogP contribution in [0.5, 0.6) is 17.5 Å². The number of hydrogen-bond acceptors (Lipinski definition) is 8. The molecule has 2 fully saturated rings. The molecule has 1 saturated heterocycles. The molecule has 1 aromatic heterocycles. The van der Waals surface area contributed by atoms with Gasteiger partial charge in [0.05, 0.1) is 24.2 Å². The first-order valence-corrected chi connectivity index (χ1v) is 11.9. The molecule has 1 aliphatic heterocycles.